The van der Waals surface area contributed by atoms with Gasteiger partial charge in [0.1, 0.15) is 6.63 Å². The summed E-state index contributed by atoms with van der Waals surface area (Å²) in [7, 11) is 0. The molecule has 25 heavy (non-hydrogen) atoms. The minimum Gasteiger partial charge on any atom is -0.294 e. The predicted octanol–water partition coefficient (Wildman–Crippen LogP) is 7.32. The normalized spacial score (nSPS) is 13.6. The van der Waals surface area contributed by atoms with E-state index in [1.165, 1.54) is 16.7 Å². The van der Waals surface area contributed by atoms with Gasteiger partial charge in [-0.3, -0.25) is 4.90 Å². The van der Waals surface area contributed by atoms with Gasteiger partial charge in [0.15, 0.2) is 0 Å². The van der Waals surface area contributed by atoms with Gasteiger partial charge in [-0.25, -0.2) is 0 Å². The van der Waals surface area contributed by atoms with Gasteiger partial charge in [0, 0.05) is 23.9 Å². The lowest BCUT2D eigenvalue weighted by Gasteiger charge is -2.34. The summed E-state index contributed by atoms with van der Waals surface area (Å²) in [4.78, 5) is 2.50. The van der Waals surface area contributed by atoms with Crippen molar-refractivity contribution in [2.75, 3.05) is 0 Å². The van der Waals surface area contributed by atoms with Gasteiger partial charge in [-0.15, -0.1) is 0 Å². The van der Waals surface area contributed by atoms with Gasteiger partial charge >= 0.3 is 0 Å². The first kappa shape index (κ1) is 23.2. The average Bonchev–Trinajstić information content (AvgIpc) is 2.40. The van der Waals surface area contributed by atoms with E-state index in [2.05, 4.69) is 86.3 Å². The molecule has 0 aliphatic carbocycles. The fourth-order valence-corrected chi connectivity index (χ4v) is 5.31. The van der Waals surface area contributed by atoms with Gasteiger partial charge in [0.2, 0.25) is 0 Å². The molecule has 0 saturated heterocycles. The third-order valence-electron chi connectivity index (χ3n) is 4.71. The Bertz CT molecular complexity index is 573. The molecule has 0 aliphatic rings. The summed E-state index contributed by atoms with van der Waals surface area (Å²) in [5, 5.41) is 1.16. The van der Waals surface area contributed by atoms with Crippen molar-refractivity contribution in [3.05, 3.63) is 28.8 Å². The molecule has 0 N–H and O–H groups in total. The molecule has 0 saturated carbocycles. The highest BCUT2D eigenvalue weighted by atomic mass is 35.9. The van der Waals surface area contributed by atoms with E-state index in [0.717, 1.165) is 11.8 Å². The van der Waals surface area contributed by atoms with Gasteiger partial charge in [-0.05, 0) is 55.2 Å². The SMILES string of the molecule is CC(C)N(Cc1cc(C(C)(C)C)cc(C(C)(C)C)c1P(Cl)Cl)C(C)C. The standard InChI is InChI=1S/C21H36Cl2NP/c1-14(2)24(15(3)4)13-16-11-17(20(5,6)7)12-18(21(8,9)10)19(16)25(22)23/h11-12,14-15H,13H2,1-10H3. The Labute approximate surface area is 166 Å². The van der Waals surface area contributed by atoms with Crippen molar-refractivity contribution in [1.82, 2.24) is 4.90 Å². The molecule has 0 heterocycles. The molecule has 1 rings (SSSR count). The maximum absolute atomic E-state index is 6.54. The van der Waals surface area contributed by atoms with Crippen LogP contribution in [0.1, 0.15) is 85.9 Å². The van der Waals surface area contributed by atoms with E-state index in [9.17, 15) is 0 Å². The lowest BCUT2D eigenvalue weighted by Crippen LogP contribution is -2.38. The first-order chi connectivity index (χ1) is 11.2. The molecule has 1 aromatic rings. The largest absolute Gasteiger partial charge is 0.294 e. The summed E-state index contributed by atoms with van der Waals surface area (Å²) >= 11 is 13.1. The fraction of sp³-hybridized carbons (Fsp3) is 0.714. The second kappa shape index (κ2) is 8.47. The molecule has 4 heteroatoms. The van der Waals surface area contributed by atoms with Crippen LogP contribution in [-0.2, 0) is 17.4 Å². The number of benzene rings is 1. The number of hydrogen-bond acceptors (Lipinski definition) is 1. The maximum atomic E-state index is 6.54. The molecule has 0 aliphatic heterocycles. The highest BCUT2D eigenvalue weighted by molar-refractivity contribution is 8.09. The molecule has 1 nitrogen and oxygen atoms in total. The smallest absolute Gasteiger partial charge is 0.117 e. The van der Waals surface area contributed by atoms with Gasteiger partial charge in [-0.1, -0.05) is 76.2 Å². The molecule has 0 spiro atoms. The van der Waals surface area contributed by atoms with E-state index >= 15 is 0 Å². The third kappa shape index (κ3) is 6.10. The molecule has 0 atom stereocenters. The monoisotopic (exact) mass is 403 g/mol. The van der Waals surface area contributed by atoms with Crippen LogP contribution in [0.4, 0.5) is 0 Å². The van der Waals surface area contributed by atoms with E-state index < -0.39 is 6.63 Å². The lowest BCUT2D eigenvalue weighted by molar-refractivity contribution is 0.166. The van der Waals surface area contributed by atoms with Crippen molar-refractivity contribution in [3.63, 3.8) is 0 Å². The fourth-order valence-electron chi connectivity index (χ4n) is 3.18. The zero-order chi connectivity index (χ0) is 19.7. The molecular formula is C21H36Cl2NP. The van der Waals surface area contributed by atoms with E-state index in [1.807, 2.05) is 0 Å². The molecule has 0 amide bonds. The van der Waals surface area contributed by atoms with Gasteiger partial charge in [0.05, 0.1) is 0 Å². The Kier molecular flexibility index (Phi) is 7.87. The Morgan fingerprint density at radius 3 is 1.68 bits per heavy atom. The highest BCUT2D eigenvalue weighted by Gasteiger charge is 2.29. The molecule has 0 aromatic heterocycles. The number of hydrogen-bond donors (Lipinski definition) is 0. The molecule has 1 aromatic carbocycles. The van der Waals surface area contributed by atoms with E-state index in [-0.39, 0.29) is 10.8 Å². The Balaban J connectivity index is 3.67. The van der Waals surface area contributed by atoms with Crippen LogP contribution < -0.4 is 5.30 Å². The van der Waals surface area contributed by atoms with Crippen molar-refractivity contribution in [1.29, 1.82) is 0 Å². The Morgan fingerprint density at radius 2 is 1.36 bits per heavy atom. The topological polar surface area (TPSA) is 3.24 Å². The van der Waals surface area contributed by atoms with Crippen LogP contribution in [0.5, 0.6) is 0 Å². The number of rotatable bonds is 5. The third-order valence-corrected chi connectivity index (χ3v) is 6.59. The van der Waals surface area contributed by atoms with E-state index in [0.29, 0.717) is 12.1 Å². The van der Waals surface area contributed by atoms with Crippen LogP contribution >= 0.6 is 29.1 Å². The molecule has 144 valence electrons. The van der Waals surface area contributed by atoms with Gasteiger partial charge in [-0.2, -0.15) is 0 Å². The average molecular weight is 404 g/mol. The lowest BCUT2D eigenvalue weighted by atomic mass is 9.79. The minimum atomic E-state index is -1.20. The van der Waals surface area contributed by atoms with Crippen LogP contribution in [0.3, 0.4) is 0 Å². The van der Waals surface area contributed by atoms with Crippen LogP contribution in [0.25, 0.3) is 0 Å². The Morgan fingerprint density at radius 1 is 0.880 bits per heavy atom. The van der Waals surface area contributed by atoms with Crippen LogP contribution in [0, 0.1) is 0 Å². The van der Waals surface area contributed by atoms with Crippen molar-refractivity contribution >= 4 is 34.4 Å². The van der Waals surface area contributed by atoms with Crippen LogP contribution in [0.2, 0.25) is 0 Å². The second-order valence-corrected chi connectivity index (χ2v) is 13.1. The van der Waals surface area contributed by atoms with Gasteiger partial charge in [0.25, 0.3) is 0 Å². The Hall–Kier alpha value is 0.190. The summed E-state index contributed by atoms with van der Waals surface area (Å²) in [6, 6.07) is 5.61. The van der Waals surface area contributed by atoms with Gasteiger partial charge < -0.3 is 0 Å². The first-order valence-corrected chi connectivity index (χ1v) is 12.4. The highest BCUT2D eigenvalue weighted by Crippen LogP contribution is 2.49. The van der Waals surface area contributed by atoms with E-state index in [4.69, 9.17) is 22.5 Å². The number of halogens is 2. The van der Waals surface area contributed by atoms with Crippen LogP contribution in [0.15, 0.2) is 12.1 Å². The summed E-state index contributed by atoms with van der Waals surface area (Å²) in [6.45, 7) is 22.2. The van der Waals surface area contributed by atoms with Crippen molar-refractivity contribution in [2.24, 2.45) is 0 Å². The van der Waals surface area contributed by atoms with E-state index in [1.54, 1.807) is 0 Å². The molecule has 0 radical (unpaired) electrons. The summed E-state index contributed by atoms with van der Waals surface area (Å²) in [5.41, 5.74) is 4.04. The zero-order valence-corrected chi connectivity index (χ0v) is 20.1. The molecule has 0 fully saturated rings. The molecule has 0 bridgehead atoms. The summed E-state index contributed by atoms with van der Waals surface area (Å²) in [6.07, 6.45) is 0. The molecule has 0 unspecified atom stereocenters. The predicted molar refractivity (Wildman–Crippen MR) is 118 cm³/mol. The van der Waals surface area contributed by atoms with Crippen molar-refractivity contribution in [2.45, 2.75) is 98.7 Å². The summed E-state index contributed by atoms with van der Waals surface area (Å²) in [5.74, 6) is 0. The zero-order valence-electron chi connectivity index (χ0n) is 17.7. The minimum absolute atomic E-state index is 0.0101. The first-order valence-electron chi connectivity index (χ1n) is 9.21. The van der Waals surface area contributed by atoms with Crippen LogP contribution in [-0.4, -0.2) is 17.0 Å². The second-order valence-electron chi connectivity index (χ2n) is 9.62. The van der Waals surface area contributed by atoms with Crippen molar-refractivity contribution < 1.29 is 0 Å². The van der Waals surface area contributed by atoms with Crippen molar-refractivity contribution in [3.8, 4) is 0 Å². The number of nitrogens with zero attached hydrogens (tertiary/aromatic N) is 1. The quantitative estimate of drug-likeness (QED) is 0.465. The molecular weight excluding hydrogens is 368 g/mol. The summed E-state index contributed by atoms with van der Waals surface area (Å²) < 4.78 is 0. The maximum Gasteiger partial charge on any atom is 0.117 e.